The van der Waals surface area contributed by atoms with E-state index in [1.165, 1.54) is 39.6 Å². The molecule has 0 bridgehead atoms. The average molecular weight is 344 g/mol. The molecule has 1 unspecified atom stereocenters. The van der Waals surface area contributed by atoms with Gasteiger partial charge in [-0.25, -0.2) is 0 Å². The number of rotatable bonds is 4. The second-order valence-corrected chi connectivity index (χ2v) is 6.90. The van der Waals surface area contributed by atoms with E-state index in [0.29, 0.717) is 6.04 Å². The summed E-state index contributed by atoms with van der Waals surface area (Å²) in [5, 5.41) is 3.74. The molecule has 0 radical (unpaired) electrons. The molecule has 0 saturated carbocycles. The van der Waals surface area contributed by atoms with Crippen LogP contribution in [-0.2, 0) is 19.3 Å². The molecule has 21 heavy (non-hydrogen) atoms. The molecule has 1 aliphatic carbocycles. The van der Waals surface area contributed by atoms with Gasteiger partial charge in [-0.05, 0) is 73.5 Å². The normalized spacial score (nSPS) is 17.5. The molecule has 0 heterocycles. The third-order valence-electron chi connectivity index (χ3n) is 4.49. The van der Waals surface area contributed by atoms with Crippen molar-refractivity contribution in [3.05, 3.63) is 69.2 Å². The van der Waals surface area contributed by atoms with E-state index < -0.39 is 0 Å². The number of halogens is 1. The molecule has 110 valence electrons. The zero-order chi connectivity index (χ0) is 14.7. The molecular weight excluding hydrogens is 322 g/mol. The van der Waals surface area contributed by atoms with Crippen molar-refractivity contribution in [2.75, 3.05) is 6.54 Å². The molecule has 0 fully saturated rings. The van der Waals surface area contributed by atoms with Crippen LogP contribution in [0.1, 0.15) is 28.7 Å². The van der Waals surface area contributed by atoms with Crippen molar-refractivity contribution in [1.29, 1.82) is 0 Å². The SMILES string of the molecule is Cc1ccccc1CCNC1CCc2cc(Br)ccc2C1. The maximum atomic E-state index is 3.74. The van der Waals surface area contributed by atoms with E-state index in [4.69, 9.17) is 0 Å². The Balaban J connectivity index is 1.53. The van der Waals surface area contributed by atoms with Crippen molar-refractivity contribution in [1.82, 2.24) is 5.32 Å². The lowest BCUT2D eigenvalue weighted by Crippen LogP contribution is -2.35. The molecule has 3 rings (SSSR count). The van der Waals surface area contributed by atoms with Gasteiger partial charge in [-0.1, -0.05) is 46.3 Å². The molecule has 0 aliphatic heterocycles. The first kappa shape index (κ1) is 14.8. The third kappa shape index (κ3) is 3.75. The van der Waals surface area contributed by atoms with Crippen LogP contribution in [0, 0.1) is 6.92 Å². The Bertz CT molecular complexity index is 621. The first-order valence-electron chi connectivity index (χ1n) is 7.77. The van der Waals surface area contributed by atoms with Crippen LogP contribution in [0.15, 0.2) is 46.9 Å². The number of fused-ring (bicyclic) bond motifs is 1. The van der Waals surface area contributed by atoms with E-state index in [0.717, 1.165) is 19.4 Å². The fraction of sp³-hybridized carbons (Fsp3) is 0.368. The lowest BCUT2D eigenvalue weighted by molar-refractivity contribution is 0.461. The summed E-state index contributed by atoms with van der Waals surface area (Å²) in [6.45, 7) is 3.27. The van der Waals surface area contributed by atoms with Gasteiger partial charge in [0.05, 0.1) is 0 Å². The van der Waals surface area contributed by atoms with Gasteiger partial charge in [0.15, 0.2) is 0 Å². The molecule has 0 amide bonds. The van der Waals surface area contributed by atoms with Crippen LogP contribution in [0.4, 0.5) is 0 Å². The third-order valence-corrected chi connectivity index (χ3v) is 4.98. The quantitative estimate of drug-likeness (QED) is 0.864. The molecular formula is C19H22BrN. The zero-order valence-electron chi connectivity index (χ0n) is 12.5. The van der Waals surface area contributed by atoms with Crippen LogP contribution in [0.3, 0.4) is 0 Å². The van der Waals surface area contributed by atoms with Crippen molar-refractivity contribution in [3.8, 4) is 0 Å². The first-order chi connectivity index (χ1) is 10.2. The van der Waals surface area contributed by atoms with Crippen molar-refractivity contribution < 1.29 is 0 Å². The fourth-order valence-electron chi connectivity index (χ4n) is 3.20. The Labute approximate surface area is 135 Å². The standard InChI is InChI=1S/C19H22BrN/c1-14-4-2-3-5-15(14)10-11-21-19-9-7-16-12-18(20)8-6-17(16)13-19/h2-6,8,12,19,21H,7,9-11,13H2,1H3. The predicted octanol–water partition coefficient (Wildman–Crippen LogP) is 4.45. The van der Waals surface area contributed by atoms with E-state index in [1.54, 1.807) is 0 Å². The summed E-state index contributed by atoms with van der Waals surface area (Å²) >= 11 is 3.56. The van der Waals surface area contributed by atoms with E-state index in [1.807, 2.05) is 0 Å². The Morgan fingerprint density at radius 3 is 2.86 bits per heavy atom. The van der Waals surface area contributed by atoms with Gasteiger partial charge in [0, 0.05) is 10.5 Å². The van der Waals surface area contributed by atoms with E-state index in [-0.39, 0.29) is 0 Å². The molecule has 0 aromatic heterocycles. The first-order valence-corrected chi connectivity index (χ1v) is 8.57. The Morgan fingerprint density at radius 1 is 1.14 bits per heavy atom. The van der Waals surface area contributed by atoms with E-state index in [9.17, 15) is 0 Å². The minimum Gasteiger partial charge on any atom is -0.313 e. The molecule has 1 nitrogen and oxygen atoms in total. The van der Waals surface area contributed by atoms with Crippen molar-refractivity contribution in [3.63, 3.8) is 0 Å². The van der Waals surface area contributed by atoms with Crippen LogP contribution in [0.5, 0.6) is 0 Å². The number of hydrogen-bond acceptors (Lipinski definition) is 1. The summed E-state index contributed by atoms with van der Waals surface area (Å²) in [6.07, 6.45) is 4.72. The van der Waals surface area contributed by atoms with Gasteiger partial charge >= 0.3 is 0 Å². The second kappa shape index (κ2) is 6.76. The van der Waals surface area contributed by atoms with E-state index >= 15 is 0 Å². The van der Waals surface area contributed by atoms with Gasteiger partial charge in [-0.15, -0.1) is 0 Å². The molecule has 0 spiro atoms. The monoisotopic (exact) mass is 343 g/mol. The molecule has 2 aromatic carbocycles. The molecule has 1 atom stereocenters. The molecule has 0 saturated heterocycles. The van der Waals surface area contributed by atoms with Crippen molar-refractivity contribution in [2.45, 2.75) is 38.6 Å². The topological polar surface area (TPSA) is 12.0 Å². The van der Waals surface area contributed by atoms with Crippen LogP contribution in [0.2, 0.25) is 0 Å². The summed E-state index contributed by atoms with van der Waals surface area (Å²) in [5.41, 5.74) is 5.89. The van der Waals surface area contributed by atoms with Gasteiger partial charge in [0.25, 0.3) is 0 Å². The molecule has 2 aromatic rings. The van der Waals surface area contributed by atoms with Crippen LogP contribution < -0.4 is 5.32 Å². The minimum absolute atomic E-state index is 0.627. The smallest absolute Gasteiger partial charge is 0.0178 e. The zero-order valence-corrected chi connectivity index (χ0v) is 14.1. The summed E-state index contributed by atoms with van der Waals surface area (Å²) in [6, 6.07) is 16.0. The Morgan fingerprint density at radius 2 is 2.00 bits per heavy atom. The summed E-state index contributed by atoms with van der Waals surface area (Å²) < 4.78 is 1.20. The summed E-state index contributed by atoms with van der Waals surface area (Å²) in [4.78, 5) is 0. The Hall–Kier alpha value is -1.12. The number of benzene rings is 2. The molecule has 1 aliphatic rings. The molecule has 1 N–H and O–H groups in total. The second-order valence-electron chi connectivity index (χ2n) is 5.98. The number of nitrogens with one attached hydrogen (secondary N) is 1. The molecule has 2 heteroatoms. The van der Waals surface area contributed by atoms with Gasteiger partial charge < -0.3 is 5.32 Å². The minimum atomic E-state index is 0.627. The number of hydrogen-bond donors (Lipinski definition) is 1. The Kier molecular flexibility index (Phi) is 4.77. The fourth-order valence-corrected chi connectivity index (χ4v) is 3.61. The highest BCUT2D eigenvalue weighted by Gasteiger charge is 2.18. The highest BCUT2D eigenvalue weighted by Crippen LogP contribution is 2.24. The maximum Gasteiger partial charge on any atom is 0.0178 e. The maximum absolute atomic E-state index is 3.74. The van der Waals surface area contributed by atoms with Crippen LogP contribution in [0.25, 0.3) is 0 Å². The van der Waals surface area contributed by atoms with E-state index in [2.05, 4.69) is 70.6 Å². The highest BCUT2D eigenvalue weighted by atomic mass is 79.9. The summed E-state index contributed by atoms with van der Waals surface area (Å²) in [5.74, 6) is 0. The number of aryl methyl sites for hydroxylation is 2. The largest absolute Gasteiger partial charge is 0.313 e. The van der Waals surface area contributed by atoms with Gasteiger partial charge in [0.1, 0.15) is 0 Å². The highest BCUT2D eigenvalue weighted by molar-refractivity contribution is 9.10. The average Bonchev–Trinajstić information content (AvgIpc) is 2.49. The van der Waals surface area contributed by atoms with Crippen molar-refractivity contribution >= 4 is 15.9 Å². The predicted molar refractivity (Wildman–Crippen MR) is 92.8 cm³/mol. The van der Waals surface area contributed by atoms with Crippen LogP contribution >= 0.6 is 15.9 Å². The van der Waals surface area contributed by atoms with Gasteiger partial charge in [-0.3, -0.25) is 0 Å². The summed E-state index contributed by atoms with van der Waals surface area (Å²) in [7, 11) is 0. The van der Waals surface area contributed by atoms with Crippen LogP contribution in [-0.4, -0.2) is 12.6 Å². The van der Waals surface area contributed by atoms with Gasteiger partial charge in [-0.2, -0.15) is 0 Å². The lowest BCUT2D eigenvalue weighted by Gasteiger charge is -2.26. The lowest BCUT2D eigenvalue weighted by atomic mass is 9.88. The van der Waals surface area contributed by atoms with Gasteiger partial charge in [0.2, 0.25) is 0 Å². The van der Waals surface area contributed by atoms with Crippen molar-refractivity contribution in [2.24, 2.45) is 0 Å².